The fourth-order valence-electron chi connectivity index (χ4n) is 3.05. The number of nitrogens with zero attached hydrogens (tertiary/aromatic N) is 2. The average molecular weight is 392 g/mol. The SMILES string of the molecule is CC(C)(C)c1cc(/C=N\NC(=O)CN2CCSCC2)cc(C(C)(C)C)c1O. The number of phenols is 1. The van der Waals surface area contributed by atoms with Crippen LogP contribution in [-0.2, 0) is 15.6 Å². The molecule has 150 valence electrons. The lowest BCUT2D eigenvalue weighted by molar-refractivity contribution is -0.122. The van der Waals surface area contributed by atoms with Crippen molar-refractivity contribution in [2.24, 2.45) is 5.10 Å². The topological polar surface area (TPSA) is 64.9 Å². The molecule has 1 aromatic rings. The van der Waals surface area contributed by atoms with Crippen LogP contribution in [0.2, 0.25) is 0 Å². The molecule has 27 heavy (non-hydrogen) atoms. The van der Waals surface area contributed by atoms with Crippen LogP contribution >= 0.6 is 11.8 Å². The molecular weight excluding hydrogens is 358 g/mol. The van der Waals surface area contributed by atoms with E-state index >= 15 is 0 Å². The molecule has 1 saturated heterocycles. The lowest BCUT2D eigenvalue weighted by Gasteiger charge is -2.27. The van der Waals surface area contributed by atoms with E-state index in [0.29, 0.717) is 12.3 Å². The quantitative estimate of drug-likeness (QED) is 0.609. The van der Waals surface area contributed by atoms with Gasteiger partial charge in [0.15, 0.2) is 0 Å². The number of carbonyl (C=O) groups excluding carboxylic acids is 1. The molecule has 2 N–H and O–H groups in total. The number of amides is 1. The Balaban J connectivity index is 2.15. The Labute approximate surface area is 167 Å². The molecule has 0 atom stereocenters. The number of rotatable bonds is 4. The van der Waals surface area contributed by atoms with Gasteiger partial charge in [-0.1, -0.05) is 41.5 Å². The number of aromatic hydroxyl groups is 1. The maximum atomic E-state index is 12.1. The van der Waals surface area contributed by atoms with E-state index in [4.69, 9.17) is 0 Å². The van der Waals surface area contributed by atoms with Crippen molar-refractivity contribution in [2.75, 3.05) is 31.1 Å². The maximum Gasteiger partial charge on any atom is 0.254 e. The predicted molar refractivity (Wildman–Crippen MR) is 115 cm³/mol. The Hall–Kier alpha value is -1.53. The van der Waals surface area contributed by atoms with Crippen LogP contribution in [0, 0.1) is 0 Å². The number of hydrazone groups is 1. The van der Waals surface area contributed by atoms with Gasteiger partial charge < -0.3 is 5.11 Å². The summed E-state index contributed by atoms with van der Waals surface area (Å²) in [5, 5.41) is 14.9. The minimum Gasteiger partial charge on any atom is -0.507 e. The number of hydrogen-bond donors (Lipinski definition) is 2. The molecular formula is C21H33N3O2S. The van der Waals surface area contributed by atoms with Gasteiger partial charge in [-0.05, 0) is 28.5 Å². The van der Waals surface area contributed by atoms with Crippen molar-refractivity contribution >= 4 is 23.9 Å². The number of thioether (sulfide) groups is 1. The molecule has 5 nitrogen and oxygen atoms in total. The van der Waals surface area contributed by atoms with Crippen LogP contribution < -0.4 is 5.43 Å². The van der Waals surface area contributed by atoms with Crippen molar-refractivity contribution in [1.29, 1.82) is 0 Å². The molecule has 0 saturated carbocycles. The summed E-state index contributed by atoms with van der Waals surface area (Å²) in [6.07, 6.45) is 1.66. The zero-order valence-electron chi connectivity index (χ0n) is 17.4. The van der Waals surface area contributed by atoms with Crippen LogP contribution in [0.3, 0.4) is 0 Å². The van der Waals surface area contributed by atoms with E-state index in [1.54, 1.807) is 6.21 Å². The zero-order chi connectivity index (χ0) is 20.2. The van der Waals surface area contributed by atoms with Crippen LogP contribution in [0.5, 0.6) is 5.75 Å². The van der Waals surface area contributed by atoms with Gasteiger partial charge in [-0.3, -0.25) is 9.69 Å². The highest BCUT2D eigenvalue weighted by Crippen LogP contribution is 2.39. The highest BCUT2D eigenvalue weighted by molar-refractivity contribution is 7.99. The van der Waals surface area contributed by atoms with E-state index in [1.807, 2.05) is 23.9 Å². The molecule has 1 aromatic carbocycles. The molecule has 1 fully saturated rings. The van der Waals surface area contributed by atoms with E-state index in [-0.39, 0.29) is 16.7 Å². The van der Waals surface area contributed by atoms with Gasteiger partial charge >= 0.3 is 0 Å². The first-order chi connectivity index (χ1) is 12.5. The third-order valence-electron chi connectivity index (χ3n) is 4.62. The van der Waals surface area contributed by atoms with Gasteiger partial charge in [-0.25, -0.2) is 5.43 Å². The van der Waals surface area contributed by atoms with Crippen LogP contribution in [0.25, 0.3) is 0 Å². The van der Waals surface area contributed by atoms with Crippen molar-refractivity contribution in [3.63, 3.8) is 0 Å². The van der Waals surface area contributed by atoms with Crippen LogP contribution in [0.1, 0.15) is 58.2 Å². The molecule has 1 amide bonds. The van der Waals surface area contributed by atoms with Crippen molar-refractivity contribution in [2.45, 2.75) is 52.4 Å². The summed E-state index contributed by atoms with van der Waals surface area (Å²) in [6, 6.07) is 3.89. The zero-order valence-corrected chi connectivity index (χ0v) is 18.2. The fourth-order valence-corrected chi connectivity index (χ4v) is 4.03. The monoisotopic (exact) mass is 391 g/mol. The summed E-state index contributed by atoms with van der Waals surface area (Å²) in [6.45, 7) is 14.7. The van der Waals surface area contributed by atoms with Gasteiger partial charge in [-0.2, -0.15) is 16.9 Å². The second-order valence-corrected chi connectivity index (χ2v) is 10.4. The predicted octanol–water partition coefficient (Wildman–Crippen LogP) is 3.49. The third-order valence-corrected chi connectivity index (χ3v) is 5.56. The molecule has 6 heteroatoms. The molecule has 1 aliphatic rings. The first-order valence-electron chi connectivity index (χ1n) is 9.48. The van der Waals surface area contributed by atoms with E-state index < -0.39 is 0 Å². The normalized spacial score (nSPS) is 16.7. The second kappa shape index (κ2) is 8.65. The minimum absolute atomic E-state index is 0.0935. The van der Waals surface area contributed by atoms with E-state index in [0.717, 1.165) is 41.3 Å². The van der Waals surface area contributed by atoms with Crippen LogP contribution in [0.15, 0.2) is 17.2 Å². The highest BCUT2D eigenvalue weighted by Gasteiger charge is 2.26. The fraction of sp³-hybridized carbons (Fsp3) is 0.619. The van der Waals surface area contributed by atoms with Gasteiger partial charge in [-0.15, -0.1) is 0 Å². The molecule has 1 aliphatic heterocycles. The smallest absolute Gasteiger partial charge is 0.254 e. The summed E-state index contributed by atoms with van der Waals surface area (Å²) in [4.78, 5) is 14.2. The van der Waals surface area contributed by atoms with Crippen LogP contribution in [0.4, 0.5) is 0 Å². The number of carbonyl (C=O) groups is 1. The number of nitrogens with one attached hydrogen (secondary N) is 1. The third kappa shape index (κ3) is 6.25. The Morgan fingerprint density at radius 3 is 2.15 bits per heavy atom. The lowest BCUT2D eigenvalue weighted by atomic mass is 9.78. The first-order valence-corrected chi connectivity index (χ1v) is 10.6. The molecule has 0 bridgehead atoms. The molecule has 0 radical (unpaired) electrons. The van der Waals surface area contributed by atoms with Crippen molar-refractivity contribution in [1.82, 2.24) is 10.3 Å². The lowest BCUT2D eigenvalue weighted by Crippen LogP contribution is -2.40. The minimum atomic E-state index is -0.191. The molecule has 0 aromatic heterocycles. The first kappa shape index (κ1) is 21.8. The Kier molecular flexibility index (Phi) is 6.98. The molecule has 1 heterocycles. The summed E-state index contributed by atoms with van der Waals surface area (Å²) in [5.41, 5.74) is 4.89. The number of phenolic OH excluding ortho intramolecular Hbond substituents is 1. The Morgan fingerprint density at radius 1 is 1.15 bits per heavy atom. The van der Waals surface area contributed by atoms with Gasteiger partial charge in [0.1, 0.15) is 5.75 Å². The maximum absolute atomic E-state index is 12.1. The summed E-state index contributed by atoms with van der Waals surface area (Å²) in [7, 11) is 0. The van der Waals surface area contributed by atoms with Crippen molar-refractivity contribution in [3.05, 3.63) is 28.8 Å². The van der Waals surface area contributed by atoms with Crippen LogP contribution in [-0.4, -0.2) is 53.3 Å². The molecule has 0 aliphatic carbocycles. The summed E-state index contributed by atoms with van der Waals surface area (Å²) < 4.78 is 0. The average Bonchev–Trinajstić information content (AvgIpc) is 2.55. The molecule has 2 rings (SSSR count). The van der Waals surface area contributed by atoms with Gasteiger partial charge in [0.2, 0.25) is 0 Å². The largest absolute Gasteiger partial charge is 0.507 e. The summed E-state index contributed by atoms with van der Waals surface area (Å²) in [5.74, 6) is 2.41. The van der Waals surface area contributed by atoms with E-state index in [2.05, 4.69) is 57.0 Å². The highest BCUT2D eigenvalue weighted by atomic mass is 32.2. The Morgan fingerprint density at radius 2 is 1.67 bits per heavy atom. The van der Waals surface area contributed by atoms with E-state index in [1.165, 1.54) is 0 Å². The van der Waals surface area contributed by atoms with Gasteiger partial charge in [0.25, 0.3) is 5.91 Å². The van der Waals surface area contributed by atoms with E-state index in [9.17, 15) is 9.90 Å². The van der Waals surface area contributed by atoms with Gasteiger partial charge in [0, 0.05) is 35.7 Å². The van der Waals surface area contributed by atoms with Crippen molar-refractivity contribution < 1.29 is 9.90 Å². The number of hydrogen-bond acceptors (Lipinski definition) is 5. The number of benzene rings is 1. The summed E-state index contributed by atoms with van der Waals surface area (Å²) >= 11 is 1.93. The van der Waals surface area contributed by atoms with Gasteiger partial charge in [0.05, 0.1) is 12.8 Å². The molecule has 0 unspecified atom stereocenters. The second-order valence-electron chi connectivity index (χ2n) is 9.15. The standard InChI is InChI=1S/C21H33N3O2S/c1-20(2,3)16-11-15(12-17(19(16)26)21(4,5)6)13-22-23-18(25)14-24-7-9-27-10-8-24/h11-13,26H,7-10,14H2,1-6H3,(H,23,25)/b22-13-. The molecule has 0 spiro atoms. The Bertz CT molecular complexity index is 661. The van der Waals surface area contributed by atoms with Crippen molar-refractivity contribution in [3.8, 4) is 5.75 Å².